The van der Waals surface area contributed by atoms with Crippen LogP contribution in [-0.2, 0) is 14.0 Å². The molecule has 1 aromatic carbocycles. The van der Waals surface area contributed by atoms with Crippen molar-refractivity contribution in [2.45, 2.75) is 57.2 Å². The Morgan fingerprint density at radius 2 is 1.65 bits per heavy atom. The Bertz CT molecular complexity index is 509. The van der Waals surface area contributed by atoms with E-state index in [2.05, 4.69) is 0 Å². The zero-order valence-electron chi connectivity index (χ0n) is 14.7. The van der Waals surface area contributed by atoms with Gasteiger partial charge < -0.3 is 19.4 Å². The molecule has 6 heteroatoms. The third-order valence-electron chi connectivity index (χ3n) is 4.44. The molecule has 0 aliphatic rings. The standard InChI is InChI=1S/C17H28O5Si/c1-17(2,3)23(5,6)22-15(16(20)21-4)14(19)13(18)12-10-8-7-9-11-12/h7-11,13-15,18-19H,1-6H3/t13-,14+,15-/m1/s1. The maximum Gasteiger partial charge on any atom is 0.336 e. The van der Waals surface area contributed by atoms with E-state index in [-0.39, 0.29) is 5.04 Å². The number of carbonyl (C=O) groups is 1. The molecule has 2 N–H and O–H groups in total. The van der Waals surface area contributed by atoms with Crippen molar-refractivity contribution in [3.63, 3.8) is 0 Å². The van der Waals surface area contributed by atoms with Crippen LogP contribution in [0.5, 0.6) is 0 Å². The Hall–Kier alpha value is -1.21. The van der Waals surface area contributed by atoms with Crippen LogP contribution in [0.1, 0.15) is 32.4 Å². The normalized spacial score (nSPS) is 16.5. The van der Waals surface area contributed by atoms with Gasteiger partial charge in [-0.25, -0.2) is 4.79 Å². The lowest BCUT2D eigenvalue weighted by molar-refractivity contribution is -0.160. The molecule has 0 unspecified atom stereocenters. The van der Waals surface area contributed by atoms with Gasteiger partial charge in [-0.05, 0) is 23.7 Å². The largest absolute Gasteiger partial charge is 0.467 e. The smallest absolute Gasteiger partial charge is 0.336 e. The molecule has 1 rings (SSSR count). The lowest BCUT2D eigenvalue weighted by Gasteiger charge is -2.40. The van der Waals surface area contributed by atoms with Gasteiger partial charge in [0.05, 0.1) is 7.11 Å². The summed E-state index contributed by atoms with van der Waals surface area (Å²) in [5.41, 5.74) is 0.521. The first-order valence-electron chi connectivity index (χ1n) is 7.68. The van der Waals surface area contributed by atoms with Gasteiger partial charge in [-0.2, -0.15) is 0 Å². The summed E-state index contributed by atoms with van der Waals surface area (Å²) in [6.45, 7) is 10.1. The fourth-order valence-electron chi connectivity index (χ4n) is 1.88. The molecule has 0 saturated heterocycles. The predicted octanol–water partition coefficient (Wildman–Crippen LogP) is 2.64. The quantitative estimate of drug-likeness (QED) is 0.615. The van der Waals surface area contributed by atoms with Crippen LogP contribution >= 0.6 is 0 Å². The number of rotatable bonds is 6. The van der Waals surface area contributed by atoms with E-state index >= 15 is 0 Å². The maximum atomic E-state index is 12.1. The SMILES string of the molecule is COC(=O)[C@H](O[Si](C)(C)C(C)(C)C)[C@@H](O)[C@H](O)c1ccccc1. The molecule has 3 atom stereocenters. The lowest BCUT2D eigenvalue weighted by atomic mass is 10.0. The molecule has 0 aliphatic carbocycles. The first kappa shape index (κ1) is 19.8. The molecule has 0 saturated carbocycles. The second-order valence-electron chi connectivity index (χ2n) is 7.17. The molecule has 0 heterocycles. The molecular weight excluding hydrogens is 312 g/mol. The first-order valence-corrected chi connectivity index (χ1v) is 10.6. The molecule has 0 bridgehead atoms. The van der Waals surface area contributed by atoms with Gasteiger partial charge in [0.2, 0.25) is 0 Å². The summed E-state index contributed by atoms with van der Waals surface area (Å²) in [6, 6.07) is 8.70. The average molecular weight is 340 g/mol. The fraction of sp³-hybridized carbons (Fsp3) is 0.588. The van der Waals surface area contributed by atoms with E-state index in [0.29, 0.717) is 5.56 Å². The topological polar surface area (TPSA) is 76.0 Å². The van der Waals surface area contributed by atoms with Crippen molar-refractivity contribution in [1.29, 1.82) is 0 Å². The molecule has 130 valence electrons. The highest BCUT2D eigenvalue weighted by molar-refractivity contribution is 6.74. The Labute approximate surface area is 139 Å². The second kappa shape index (κ2) is 7.57. The molecule has 5 nitrogen and oxygen atoms in total. The molecule has 0 amide bonds. The summed E-state index contributed by atoms with van der Waals surface area (Å²) in [5, 5.41) is 20.7. The van der Waals surface area contributed by atoms with E-state index in [4.69, 9.17) is 9.16 Å². The third kappa shape index (κ3) is 4.88. The molecule has 1 aromatic rings. The number of hydrogen-bond acceptors (Lipinski definition) is 5. The zero-order valence-corrected chi connectivity index (χ0v) is 15.7. The van der Waals surface area contributed by atoms with Crippen LogP contribution < -0.4 is 0 Å². The molecule has 23 heavy (non-hydrogen) atoms. The number of aliphatic hydroxyl groups is 2. The lowest BCUT2D eigenvalue weighted by Crippen LogP contribution is -2.51. The van der Waals surface area contributed by atoms with E-state index < -0.39 is 32.6 Å². The minimum absolute atomic E-state index is 0.142. The van der Waals surface area contributed by atoms with Crippen molar-refractivity contribution in [3.05, 3.63) is 35.9 Å². The minimum atomic E-state index is -2.33. The van der Waals surface area contributed by atoms with E-state index in [1.807, 2.05) is 39.9 Å². The predicted molar refractivity (Wildman–Crippen MR) is 91.5 cm³/mol. The number of carbonyl (C=O) groups excluding carboxylic acids is 1. The van der Waals surface area contributed by atoms with Crippen LogP contribution in [0.2, 0.25) is 18.1 Å². The maximum absolute atomic E-state index is 12.1. The van der Waals surface area contributed by atoms with Crippen molar-refractivity contribution in [2.75, 3.05) is 7.11 Å². The van der Waals surface area contributed by atoms with Crippen LogP contribution in [0.15, 0.2) is 30.3 Å². The van der Waals surface area contributed by atoms with Gasteiger partial charge in [-0.1, -0.05) is 51.1 Å². The Morgan fingerprint density at radius 1 is 1.13 bits per heavy atom. The number of esters is 1. The van der Waals surface area contributed by atoms with Crippen molar-refractivity contribution >= 4 is 14.3 Å². The van der Waals surface area contributed by atoms with Gasteiger partial charge in [0.1, 0.15) is 12.2 Å². The van der Waals surface area contributed by atoms with Gasteiger partial charge in [-0.3, -0.25) is 0 Å². The Morgan fingerprint density at radius 3 is 2.09 bits per heavy atom. The average Bonchev–Trinajstić information content (AvgIpc) is 2.50. The monoisotopic (exact) mass is 340 g/mol. The van der Waals surface area contributed by atoms with Crippen molar-refractivity contribution in [1.82, 2.24) is 0 Å². The second-order valence-corrected chi connectivity index (χ2v) is 11.9. The fourth-order valence-corrected chi connectivity index (χ4v) is 3.10. The van der Waals surface area contributed by atoms with Crippen LogP contribution in [0.4, 0.5) is 0 Å². The van der Waals surface area contributed by atoms with Crippen molar-refractivity contribution in [3.8, 4) is 0 Å². The molecule has 0 aliphatic heterocycles. The van der Waals surface area contributed by atoms with Crippen molar-refractivity contribution < 1.29 is 24.2 Å². The number of benzene rings is 1. The summed E-state index contributed by atoms with van der Waals surface area (Å²) in [5.74, 6) is -0.683. The van der Waals surface area contributed by atoms with Gasteiger partial charge >= 0.3 is 5.97 Å². The van der Waals surface area contributed by atoms with E-state index in [1.54, 1.807) is 24.3 Å². The molecule has 0 spiro atoms. The van der Waals surface area contributed by atoms with E-state index in [1.165, 1.54) is 7.11 Å². The highest BCUT2D eigenvalue weighted by Gasteiger charge is 2.44. The molecule has 0 aromatic heterocycles. The molecular formula is C17H28O5Si. The molecule has 0 radical (unpaired) electrons. The minimum Gasteiger partial charge on any atom is -0.467 e. The van der Waals surface area contributed by atoms with Gasteiger partial charge in [0.25, 0.3) is 0 Å². The summed E-state index contributed by atoms with van der Waals surface area (Å²) in [4.78, 5) is 12.1. The number of aliphatic hydroxyl groups excluding tert-OH is 2. The van der Waals surface area contributed by atoms with Gasteiger partial charge in [0, 0.05) is 0 Å². The Balaban J connectivity index is 3.05. The summed E-state index contributed by atoms with van der Waals surface area (Å²) < 4.78 is 10.8. The van der Waals surface area contributed by atoms with E-state index in [0.717, 1.165) is 0 Å². The summed E-state index contributed by atoms with van der Waals surface area (Å²) in [6.07, 6.45) is -3.86. The number of methoxy groups -OCH3 is 1. The highest BCUT2D eigenvalue weighted by atomic mass is 28.4. The van der Waals surface area contributed by atoms with Gasteiger partial charge in [-0.15, -0.1) is 0 Å². The van der Waals surface area contributed by atoms with Crippen LogP contribution in [0.25, 0.3) is 0 Å². The zero-order chi connectivity index (χ0) is 17.8. The first-order chi connectivity index (χ1) is 10.5. The number of hydrogen-bond donors (Lipinski definition) is 2. The van der Waals surface area contributed by atoms with Crippen LogP contribution in [-0.4, -0.2) is 43.8 Å². The summed E-state index contributed by atoms with van der Waals surface area (Å²) in [7, 11) is -1.09. The van der Waals surface area contributed by atoms with Crippen LogP contribution in [0.3, 0.4) is 0 Å². The molecule has 0 fully saturated rings. The highest BCUT2D eigenvalue weighted by Crippen LogP contribution is 2.38. The van der Waals surface area contributed by atoms with E-state index in [9.17, 15) is 15.0 Å². The van der Waals surface area contributed by atoms with Gasteiger partial charge in [0.15, 0.2) is 14.4 Å². The van der Waals surface area contributed by atoms with Crippen LogP contribution in [0, 0.1) is 0 Å². The third-order valence-corrected chi connectivity index (χ3v) is 8.89. The number of ether oxygens (including phenoxy) is 1. The summed E-state index contributed by atoms with van der Waals surface area (Å²) >= 11 is 0. The Kier molecular flexibility index (Phi) is 6.53. The van der Waals surface area contributed by atoms with Crippen molar-refractivity contribution in [2.24, 2.45) is 0 Å².